The molecule has 3 aromatic rings. The Morgan fingerprint density at radius 1 is 0.900 bits per heavy atom. The average Bonchev–Trinajstić information content (AvgIpc) is 2.46. The highest BCUT2D eigenvalue weighted by molar-refractivity contribution is 9.10. The first-order valence-corrected chi connectivity index (χ1v) is 8.06. The minimum absolute atomic E-state index is 0.160. The maximum absolute atomic E-state index is 13.8. The molecule has 0 bridgehead atoms. The van der Waals surface area contributed by atoms with E-state index in [9.17, 15) is 4.39 Å². The Morgan fingerprint density at radius 2 is 1.70 bits per heavy atom. The van der Waals surface area contributed by atoms with Crippen molar-refractivity contribution in [3.8, 4) is 0 Å². The third-order valence-corrected chi connectivity index (χ3v) is 4.67. The van der Waals surface area contributed by atoms with Gasteiger partial charge in [0.25, 0.3) is 0 Å². The van der Waals surface area contributed by atoms with Gasteiger partial charge in [-0.1, -0.05) is 52.3 Å². The van der Waals surface area contributed by atoms with Crippen molar-refractivity contribution in [2.75, 3.05) is 0 Å². The van der Waals surface area contributed by atoms with Gasteiger partial charge in [0.15, 0.2) is 0 Å². The second-order valence-electron chi connectivity index (χ2n) is 4.53. The van der Waals surface area contributed by atoms with Gasteiger partial charge >= 0.3 is 0 Å². The molecule has 0 aliphatic carbocycles. The van der Waals surface area contributed by atoms with Crippen molar-refractivity contribution in [3.05, 3.63) is 76.5 Å². The van der Waals surface area contributed by atoms with E-state index in [2.05, 4.69) is 46.3 Å². The average molecular weight is 347 g/mol. The summed E-state index contributed by atoms with van der Waals surface area (Å²) in [7, 11) is 0. The molecular weight excluding hydrogens is 335 g/mol. The standard InChI is InChI=1S/C17H12BrFS/c18-15-7-5-14(17(19)10-15)11-20-16-8-6-12-3-1-2-4-13(12)9-16/h1-10H,11H2. The van der Waals surface area contributed by atoms with E-state index in [0.717, 1.165) is 14.9 Å². The van der Waals surface area contributed by atoms with Crippen molar-refractivity contribution >= 4 is 38.5 Å². The van der Waals surface area contributed by atoms with Gasteiger partial charge in [-0.2, -0.15) is 0 Å². The molecule has 3 aromatic carbocycles. The molecule has 0 aliphatic rings. The summed E-state index contributed by atoms with van der Waals surface area (Å²) in [6.45, 7) is 0. The summed E-state index contributed by atoms with van der Waals surface area (Å²) in [5, 5.41) is 2.44. The number of benzene rings is 3. The second kappa shape index (κ2) is 5.98. The predicted octanol–water partition coefficient (Wildman–Crippen LogP) is 6.03. The first-order chi connectivity index (χ1) is 9.72. The van der Waals surface area contributed by atoms with E-state index >= 15 is 0 Å². The summed E-state index contributed by atoms with van der Waals surface area (Å²) < 4.78 is 14.5. The van der Waals surface area contributed by atoms with Crippen molar-refractivity contribution in [2.45, 2.75) is 10.6 Å². The number of hydrogen-bond acceptors (Lipinski definition) is 1. The Bertz CT molecular complexity index is 755. The monoisotopic (exact) mass is 346 g/mol. The van der Waals surface area contributed by atoms with Crippen LogP contribution in [-0.4, -0.2) is 0 Å². The predicted molar refractivity (Wildman–Crippen MR) is 87.6 cm³/mol. The molecule has 100 valence electrons. The Morgan fingerprint density at radius 3 is 2.50 bits per heavy atom. The Labute approximate surface area is 130 Å². The van der Waals surface area contributed by atoms with Crippen molar-refractivity contribution in [1.29, 1.82) is 0 Å². The molecule has 0 atom stereocenters. The Kier molecular flexibility index (Phi) is 4.08. The molecule has 3 heteroatoms. The molecule has 0 heterocycles. The van der Waals surface area contributed by atoms with Crippen LogP contribution in [0.3, 0.4) is 0 Å². The maximum atomic E-state index is 13.8. The highest BCUT2D eigenvalue weighted by Crippen LogP contribution is 2.28. The molecule has 0 fully saturated rings. The molecule has 20 heavy (non-hydrogen) atoms. The van der Waals surface area contributed by atoms with E-state index in [1.807, 2.05) is 24.3 Å². The van der Waals surface area contributed by atoms with E-state index < -0.39 is 0 Å². The lowest BCUT2D eigenvalue weighted by Gasteiger charge is -2.05. The zero-order valence-corrected chi connectivity index (χ0v) is 13.0. The molecule has 0 unspecified atom stereocenters. The lowest BCUT2D eigenvalue weighted by atomic mass is 10.1. The smallest absolute Gasteiger partial charge is 0.128 e. The summed E-state index contributed by atoms with van der Waals surface area (Å²) in [5.41, 5.74) is 0.728. The largest absolute Gasteiger partial charge is 0.207 e. The van der Waals surface area contributed by atoms with Gasteiger partial charge in [-0.3, -0.25) is 0 Å². The summed E-state index contributed by atoms with van der Waals surface area (Å²) in [6.07, 6.45) is 0. The van der Waals surface area contributed by atoms with Gasteiger partial charge in [0.1, 0.15) is 5.82 Å². The van der Waals surface area contributed by atoms with Crippen LogP contribution in [0.4, 0.5) is 4.39 Å². The number of hydrogen-bond donors (Lipinski definition) is 0. The van der Waals surface area contributed by atoms with Gasteiger partial charge in [0, 0.05) is 15.1 Å². The third-order valence-electron chi connectivity index (χ3n) is 3.13. The fourth-order valence-corrected chi connectivity index (χ4v) is 3.32. The molecule has 0 aromatic heterocycles. The quantitative estimate of drug-likeness (QED) is 0.521. The molecule has 0 saturated heterocycles. The first kappa shape index (κ1) is 13.7. The van der Waals surface area contributed by atoms with Crippen LogP contribution in [0.1, 0.15) is 5.56 Å². The second-order valence-corrected chi connectivity index (χ2v) is 6.50. The van der Waals surface area contributed by atoms with Gasteiger partial charge in [0.05, 0.1) is 0 Å². The molecular formula is C17H12BrFS. The maximum Gasteiger partial charge on any atom is 0.128 e. The van der Waals surface area contributed by atoms with Gasteiger partial charge in [-0.15, -0.1) is 11.8 Å². The van der Waals surface area contributed by atoms with Crippen LogP contribution in [0, 0.1) is 5.82 Å². The summed E-state index contributed by atoms with van der Waals surface area (Å²) in [6, 6.07) is 19.8. The fourth-order valence-electron chi connectivity index (χ4n) is 2.06. The van der Waals surface area contributed by atoms with Crippen LogP contribution in [-0.2, 0) is 5.75 Å². The van der Waals surface area contributed by atoms with Gasteiger partial charge in [-0.05, 0) is 40.6 Å². The molecule has 0 nitrogen and oxygen atoms in total. The Hall–Kier alpha value is -1.32. The van der Waals surface area contributed by atoms with Crippen molar-refractivity contribution in [1.82, 2.24) is 0 Å². The van der Waals surface area contributed by atoms with Crippen LogP contribution < -0.4 is 0 Å². The summed E-state index contributed by atoms with van der Waals surface area (Å²) in [4.78, 5) is 1.16. The Balaban J connectivity index is 1.79. The number of fused-ring (bicyclic) bond motifs is 1. The zero-order chi connectivity index (χ0) is 13.9. The molecule has 0 spiro atoms. The van der Waals surface area contributed by atoms with Crippen LogP contribution in [0.15, 0.2) is 70.0 Å². The summed E-state index contributed by atoms with van der Waals surface area (Å²) >= 11 is 4.93. The molecule has 3 rings (SSSR count). The van der Waals surface area contributed by atoms with Crippen LogP contribution in [0.25, 0.3) is 10.8 Å². The number of thioether (sulfide) groups is 1. The van der Waals surface area contributed by atoms with Crippen molar-refractivity contribution in [3.63, 3.8) is 0 Å². The third kappa shape index (κ3) is 3.05. The minimum atomic E-state index is -0.160. The molecule has 0 saturated carbocycles. The van der Waals surface area contributed by atoms with Crippen LogP contribution >= 0.6 is 27.7 Å². The first-order valence-electron chi connectivity index (χ1n) is 6.28. The summed E-state index contributed by atoms with van der Waals surface area (Å²) in [5.74, 6) is 0.477. The number of halogens is 2. The topological polar surface area (TPSA) is 0 Å². The normalized spacial score (nSPS) is 10.9. The highest BCUT2D eigenvalue weighted by Gasteiger charge is 2.04. The minimum Gasteiger partial charge on any atom is -0.207 e. The molecule has 0 aliphatic heterocycles. The van der Waals surface area contributed by atoms with Crippen LogP contribution in [0.5, 0.6) is 0 Å². The SMILES string of the molecule is Fc1cc(Br)ccc1CSc1ccc2ccccc2c1. The van der Waals surface area contributed by atoms with E-state index in [4.69, 9.17) is 0 Å². The number of rotatable bonds is 3. The molecule has 0 amide bonds. The van der Waals surface area contributed by atoms with E-state index in [-0.39, 0.29) is 5.82 Å². The molecule has 0 radical (unpaired) electrons. The zero-order valence-electron chi connectivity index (χ0n) is 10.6. The molecule has 0 N–H and O–H groups in total. The van der Waals surface area contributed by atoms with Gasteiger partial charge in [-0.25, -0.2) is 4.39 Å². The van der Waals surface area contributed by atoms with Gasteiger partial charge < -0.3 is 0 Å². The lowest BCUT2D eigenvalue weighted by Crippen LogP contribution is -1.87. The van der Waals surface area contributed by atoms with Crippen molar-refractivity contribution < 1.29 is 4.39 Å². The van der Waals surface area contributed by atoms with Crippen LogP contribution in [0.2, 0.25) is 0 Å². The van der Waals surface area contributed by atoms with Crippen molar-refractivity contribution in [2.24, 2.45) is 0 Å². The van der Waals surface area contributed by atoms with Gasteiger partial charge in [0.2, 0.25) is 0 Å². The lowest BCUT2D eigenvalue weighted by molar-refractivity contribution is 0.616. The highest BCUT2D eigenvalue weighted by atomic mass is 79.9. The van der Waals surface area contributed by atoms with E-state index in [1.165, 1.54) is 16.8 Å². The van der Waals surface area contributed by atoms with E-state index in [1.54, 1.807) is 11.8 Å². The van der Waals surface area contributed by atoms with E-state index in [0.29, 0.717) is 5.75 Å². The fraction of sp³-hybridized carbons (Fsp3) is 0.0588.